The summed E-state index contributed by atoms with van der Waals surface area (Å²) in [5.74, 6) is -0.433. The van der Waals surface area contributed by atoms with E-state index in [-0.39, 0.29) is 17.8 Å². The number of esters is 1. The number of amides is 1. The molecule has 0 N–H and O–H groups in total. The number of ether oxygens (including phenoxy) is 1. The summed E-state index contributed by atoms with van der Waals surface area (Å²) < 4.78 is 4.79. The minimum atomic E-state index is -0.290. The standard InChI is InChI=1S/C20H31NO3/c1-4-5-6-10-15-21(16-17(2)20(23)24-3)19(22)14-13-18-11-8-7-9-12-18/h7-9,11-12,17H,4-6,10,13-16H2,1-3H3. The molecule has 1 unspecified atom stereocenters. The van der Waals surface area contributed by atoms with Crippen LogP contribution in [-0.4, -0.2) is 37.0 Å². The SMILES string of the molecule is CCCCCCN(CC(C)C(=O)OC)C(=O)CCc1ccccc1. The van der Waals surface area contributed by atoms with Crippen LogP contribution in [0.1, 0.15) is 51.5 Å². The summed E-state index contributed by atoms with van der Waals surface area (Å²) in [4.78, 5) is 26.1. The van der Waals surface area contributed by atoms with E-state index in [0.717, 1.165) is 31.4 Å². The molecule has 0 saturated carbocycles. The van der Waals surface area contributed by atoms with Gasteiger partial charge in [-0.1, -0.05) is 63.4 Å². The van der Waals surface area contributed by atoms with Crippen LogP contribution in [0, 0.1) is 5.92 Å². The molecule has 1 aromatic rings. The molecular weight excluding hydrogens is 302 g/mol. The van der Waals surface area contributed by atoms with Gasteiger partial charge in [-0.25, -0.2) is 0 Å². The largest absolute Gasteiger partial charge is 0.469 e. The molecule has 0 fully saturated rings. The lowest BCUT2D eigenvalue weighted by atomic mass is 10.1. The van der Waals surface area contributed by atoms with Gasteiger partial charge in [0.05, 0.1) is 13.0 Å². The fraction of sp³-hybridized carbons (Fsp3) is 0.600. The Bertz CT molecular complexity index is 487. The Balaban J connectivity index is 2.57. The van der Waals surface area contributed by atoms with Crippen LogP contribution in [0.4, 0.5) is 0 Å². The van der Waals surface area contributed by atoms with Crippen LogP contribution >= 0.6 is 0 Å². The average molecular weight is 333 g/mol. The normalized spacial score (nSPS) is 11.8. The topological polar surface area (TPSA) is 46.6 Å². The zero-order valence-corrected chi connectivity index (χ0v) is 15.3. The van der Waals surface area contributed by atoms with Crippen molar-refractivity contribution >= 4 is 11.9 Å². The van der Waals surface area contributed by atoms with Crippen molar-refractivity contribution in [3.8, 4) is 0 Å². The summed E-state index contributed by atoms with van der Waals surface area (Å²) in [6.45, 7) is 5.14. The molecule has 0 aliphatic rings. The highest BCUT2D eigenvalue weighted by Gasteiger charge is 2.21. The monoisotopic (exact) mass is 333 g/mol. The Hall–Kier alpha value is -1.84. The van der Waals surface area contributed by atoms with Gasteiger partial charge in [-0.3, -0.25) is 9.59 Å². The van der Waals surface area contributed by atoms with Gasteiger partial charge in [0.25, 0.3) is 0 Å². The highest BCUT2D eigenvalue weighted by molar-refractivity contribution is 5.78. The zero-order chi connectivity index (χ0) is 17.8. The maximum absolute atomic E-state index is 12.6. The molecule has 0 saturated heterocycles. The fourth-order valence-corrected chi connectivity index (χ4v) is 2.71. The van der Waals surface area contributed by atoms with Crippen molar-refractivity contribution in [2.75, 3.05) is 20.2 Å². The van der Waals surface area contributed by atoms with Gasteiger partial charge in [0, 0.05) is 19.5 Å². The molecule has 134 valence electrons. The summed E-state index contributed by atoms with van der Waals surface area (Å²) >= 11 is 0. The molecule has 0 aromatic heterocycles. The van der Waals surface area contributed by atoms with Gasteiger partial charge in [-0.2, -0.15) is 0 Å². The molecule has 1 atom stereocenters. The molecule has 0 heterocycles. The second kappa shape index (κ2) is 11.7. The molecule has 4 heteroatoms. The molecule has 4 nitrogen and oxygen atoms in total. The number of nitrogens with zero attached hydrogens (tertiary/aromatic N) is 1. The Morgan fingerprint density at radius 2 is 1.83 bits per heavy atom. The number of carbonyl (C=O) groups excluding carboxylic acids is 2. The van der Waals surface area contributed by atoms with Gasteiger partial charge in [0.2, 0.25) is 5.91 Å². The highest BCUT2D eigenvalue weighted by Crippen LogP contribution is 2.10. The second-order valence-corrected chi connectivity index (χ2v) is 6.31. The first kappa shape index (κ1) is 20.2. The van der Waals surface area contributed by atoms with E-state index in [1.54, 1.807) is 0 Å². The number of benzene rings is 1. The fourth-order valence-electron chi connectivity index (χ4n) is 2.71. The van der Waals surface area contributed by atoms with Crippen molar-refractivity contribution in [2.45, 2.75) is 52.4 Å². The van der Waals surface area contributed by atoms with Crippen molar-refractivity contribution in [1.82, 2.24) is 4.90 Å². The van der Waals surface area contributed by atoms with Crippen LogP contribution in [0.15, 0.2) is 30.3 Å². The smallest absolute Gasteiger partial charge is 0.310 e. The van der Waals surface area contributed by atoms with Gasteiger partial charge in [0.15, 0.2) is 0 Å². The third-order valence-corrected chi connectivity index (χ3v) is 4.20. The molecular formula is C20H31NO3. The lowest BCUT2D eigenvalue weighted by Gasteiger charge is -2.25. The number of hydrogen-bond acceptors (Lipinski definition) is 3. The first-order chi connectivity index (χ1) is 11.6. The van der Waals surface area contributed by atoms with Gasteiger partial charge in [0.1, 0.15) is 0 Å². The van der Waals surface area contributed by atoms with Gasteiger partial charge in [-0.15, -0.1) is 0 Å². The van der Waals surface area contributed by atoms with E-state index in [9.17, 15) is 9.59 Å². The molecule has 1 rings (SSSR count). The molecule has 1 aromatic carbocycles. The van der Waals surface area contributed by atoms with Crippen molar-refractivity contribution < 1.29 is 14.3 Å². The summed E-state index contributed by atoms with van der Waals surface area (Å²) in [6.07, 6.45) is 5.66. The first-order valence-electron chi connectivity index (χ1n) is 8.98. The van der Waals surface area contributed by atoms with E-state index >= 15 is 0 Å². The number of aryl methyl sites for hydroxylation is 1. The quantitative estimate of drug-likeness (QED) is 0.457. The predicted molar refractivity (Wildman–Crippen MR) is 96.7 cm³/mol. The maximum atomic E-state index is 12.6. The molecule has 0 spiro atoms. The third-order valence-electron chi connectivity index (χ3n) is 4.20. The van der Waals surface area contributed by atoms with Crippen molar-refractivity contribution in [3.63, 3.8) is 0 Å². The van der Waals surface area contributed by atoms with Crippen LogP contribution in [0.5, 0.6) is 0 Å². The third kappa shape index (κ3) is 7.62. The van der Waals surface area contributed by atoms with Gasteiger partial charge < -0.3 is 9.64 Å². The number of unbranched alkanes of at least 4 members (excludes halogenated alkanes) is 3. The summed E-state index contributed by atoms with van der Waals surface area (Å²) in [6, 6.07) is 10.0. The number of carbonyl (C=O) groups is 2. The van der Waals surface area contributed by atoms with Crippen LogP contribution in [-0.2, 0) is 20.7 Å². The van der Waals surface area contributed by atoms with Crippen LogP contribution in [0.2, 0.25) is 0 Å². The first-order valence-corrected chi connectivity index (χ1v) is 8.98. The Morgan fingerprint density at radius 1 is 1.12 bits per heavy atom. The van der Waals surface area contributed by atoms with Crippen molar-refractivity contribution in [2.24, 2.45) is 5.92 Å². The van der Waals surface area contributed by atoms with E-state index in [0.29, 0.717) is 13.0 Å². The van der Waals surface area contributed by atoms with Crippen LogP contribution in [0.25, 0.3) is 0 Å². The second-order valence-electron chi connectivity index (χ2n) is 6.31. The maximum Gasteiger partial charge on any atom is 0.310 e. The molecule has 1 amide bonds. The summed E-state index contributed by atoms with van der Waals surface area (Å²) in [5.41, 5.74) is 1.16. The number of methoxy groups -OCH3 is 1. The van der Waals surface area contributed by atoms with Gasteiger partial charge >= 0.3 is 5.97 Å². The Kier molecular flexibility index (Phi) is 9.81. The molecule has 0 aliphatic heterocycles. The minimum Gasteiger partial charge on any atom is -0.469 e. The molecule has 0 aliphatic carbocycles. The van der Waals surface area contributed by atoms with Gasteiger partial charge in [-0.05, 0) is 18.4 Å². The average Bonchev–Trinajstić information content (AvgIpc) is 2.62. The molecule has 24 heavy (non-hydrogen) atoms. The number of rotatable bonds is 11. The van der Waals surface area contributed by atoms with E-state index in [4.69, 9.17) is 4.74 Å². The minimum absolute atomic E-state index is 0.117. The van der Waals surface area contributed by atoms with E-state index in [1.807, 2.05) is 42.2 Å². The Morgan fingerprint density at radius 3 is 2.46 bits per heavy atom. The number of hydrogen-bond donors (Lipinski definition) is 0. The van der Waals surface area contributed by atoms with E-state index < -0.39 is 0 Å². The zero-order valence-electron chi connectivity index (χ0n) is 15.3. The van der Waals surface area contributed by atoms with E-state index in [2.05, 4.69) is 6.92 Å². The summed E-state index contributed by atoms with van der Waals surface area (Å²) in [5, 5.41) is 0. The van der Waals surface area contributed by atoms with Crippen molar-refractivity contribution in [3.05, 3.63) is 35.9 Å². The van der Waals surface area contributed by atoms with Crippen LogP contribution in [0.3, 0.4) is 0 Å². The summed E-state index contributed by atoms with van der Waals surface area (Å²) in [7, 11) is 1.39. The van der Waals surface area contributed by atoms with Crippen LogP contribution < -0.4 is 0 Å². The highest BCUT2D eigenvalue weighted by atomic mass is 16.5. The van der Waals surface area contributed by atoms with Crippen molar-refractivity contribution in [1.29, 1.82) is 0 Å². The van der Waals surface area contributed by atoms with E-state index in [1.165, 1.54) is 20.0 Å². The predicted octanol–water partition coefficient (Wildman–Crippen LogP) is 3.84. The Labute approximate surface area is 146 Å². The lowest BCUT2D eigenvalue weighted by molar-refractivity contribution is -0.146. The molecule has 0 radical (unpaired) electrons. The molecule has 0 bridgehead atoms. The lowest BCUT2D eigenvalue weighted by Crippen LogP contribution is -2.38.